The lowest BCUT2D eigenvalue weighted by molar-refractivity contribution is 0.593. The summed E-state index contributed by atoms with van der Waals surface area (Å²) in [6, 6.07) is 4.79. The van der Waals surface area contributed by atoms with Gasteiger partial charge in [-0.15, -0.1) is 0 Å². The molecule has 0 aliphatic carbocycles. The first-order chi connectivity index (χ1) is 7.61. The molecule has 2 aromatic rings. The lowest BCUT2D eigenvalue weighted by atomic mass is 9.99. The Hall–Kier alpha value is -0.710. The summed E-state index contributed by atoms with van der Waals surface area (Å²) in [6.07, 6.45) is 0. The van der Waals surface area contributed by atoms with Crippen LogP contribution in [0.25, 0.3) is 0 Å². The Morgan fingerprint density at radius 1 is 1.31 bits per heavy atom. The van der Waals surface area contributed by atoms with Crippen molar-refractivity contribution < 1.29 is 4.39 Å². The third-order valence-electron chi connectivity index (χ3n) is 2.55. The Labute approximate surface area is 106 Å². The second-order valence-corrected chi connectivity index (χ2v) is 5.23. The molecule has 0 saturated heterocycles. The van der Waals surface area contributed by atoms with E-state index in [0.717, 1.165) is 11.1 Å². The van der Waals surface area contributed by atoms with Gasteiger partial charge in [0.05, 0.1) is 10.5 Å². The number of halogens is 2. The zero-order valence-corrected chi connectivity index (χ0v) is 11.1. The SMILES string of the molecule is Cc1cscc1C(N)c1cccc(Br)c1F. The normalized spacial score (nSPS) is 12.8. The Kier molecular flexibility index (Phi) is 3.42. The molecule has 4 heteroatoms. The second kappa shape index (κ2) is 4.65. The van der Waals surface area contributed by atoms with E-state index in [1.807, 2.05) is 17.7 Å². The van der Waals surface area contributed by atoms with Crippen LogP contribution in [0.1, 0.15) is 22.7 Å². The fourth-order valence-corrected chi connectivity index (χ4v) is 2.89. The average Bonchev–Trinajstić information content (AvgIpc) is 2.68. The number of rotatable bonds is 2. The summed E-state index contributed by atoms with van der Waals surface area (Å²) in [4.78, 5) is 0. The number of hydrogen-bond acceptors (Lipinski definition) is 2. The van der Waals surface area contributed by atoms with Crippen molar-refractivity contribution in [3.63, 3.8) is 0 Å². The van der Waals surface area contributed by atoms with Crippen molar-refractivity contribution in [2.24, 2.45) is 5.73 Å². The topological polar surface area (TPSA) is 26.0 Å². The highest BCUT2D eigenvalue weighted by Crippen LogP contribution is 2.29. The van der Waals surface area contributed by atoms with Gasteiger partial charge in [0.25, 0.3) is 0 Å². The van der Waals surface area contributed by atoms with Gasteiger partial charge in [-0.2, -0.15) is 11.3 Å². The summed E-state index contributed by atoms with van der Waals surface area (Å²) in [5, 5.41) is 3.99. The zero-order chi connectivity index (χ0) is 11.7. The first kappa shape index (κ1) is 11.8. The molecule has 1 atom stereocenters. The van der Waals surface area contributed by atoms with Crippen molar-refractivity contribution in [3.05, 3.63) is 55.9 Å². The smallest absolute Gasteiger partial charge is 0.142 e. The van der Waals surface area contributed by atoms with Crippen LogP contribution in [0.3, 0.4) is 0 Å². The van der Waals surface area contributed by atoms with E-state index in [0.29, 0.717) is 10.0 Å². The van der Waals surface area contributed by atoms with Crippen molar-refractivity contribution in [3.8, 4) is 0 Å². The molecule has 1 aromatic heterocycles. The maximum absolute atomic E-state index is 13.9. The minimum atomic E-state index is -0.399. The van der Waals surface area contributed by atoms with Crippen LogP contribution >= 0.6 is 27.3 Å². The van der Waals surface area contributed by atoms with Gasteiger partial charge in [-0.25, -0.2) is 4.39 Å². The van der Waals surface area contributed by atoms with E-state index in [4.69, 9.17) is 5.73 Å². The van der Waals surface area contributed by atoms with Crippen LogP contribution in [-0.2, 0) is 0 Å². The van der Waals surface area contributed by atoms with E-state index >= 15 is 0 Å². The Bertz CT molecular complexity index is 509. The summed E-state index contributed by atoms with van der Waals surface area (Å²) < 4.78 is 14.3. The quantitative estimate of drug-likeness (QED) is 0.891. The maximum Gasteiger partial charge on any atom is 0.142 e. The largest absolute Gasteiger partial charge is 0.320 e. The van der Waals surface area contributed by atoms with E-state index < -0.39 is 6.04 Å². The van der Waals surface area contributed by atoms with Gasteiger partial charge in [0.2, 0.25) is 0 Å². The number of benzene rings is 1. The van der Waals surface area contributed by atoms with Crippen LogP contribution in [0.15, 0.2) is 33.4 Å². The van der Waals surface area contributed by atoms with E-state index in [-0.39, 0.29) is 5.82 Å². The minimum absolute atomic E-state index is 0.277. The lowest BCUT2D eigenvalue weighted by Crippen LogP contribution is -2.14. The van der Waals surface area contributed by atoms with Gasteiger partial charge in [0, 0.05) is 5.56 Å². The summed E-state index contributed by atoms with van der Waals surface area (Å²) in [5.74, 6) is -0.277. The zero-order valence-electron chi connectivity index (χ0n) is 8.71. The molecular weight excluding hydrogens is 289 g/mol. The van der Waals surface area contributed by atoms with Crippen LogP contribution in [0, 0.1) is 12.7 Å². The van der Waals surface area contributed by atoms with Gasteiger partial charge in [-0.3, -0.25) is 0 Å². The summed E-state index contributed by atoms with van der Waals surface area (Å²) in [5.41, 5.74) is 8.70. The molecule has 16 heavy (non-hydrogen) atoms. The maximum atomic E-state index is 13.9. The first-order valence-corrected chi connectivity index (χ1v) is 6.57. The molecule has 2 rings (SSSR count). The van der Waals surface area contributed by atoms with Gasteiger partial charge in [-0.1, -0.05) is 12.1 Å². The Morgan fingerprint density at radius 3 is 2.69 bits per heavy atom. The summed E-state index contributed by atoms with van der Waals surface area (Å²) in [7, 11) is 0. The molecule has 0 aliphatic rings. The van der Waals surface area contributed by atoms with E-state index in [9.17, 15) is 4.39 Å². The number of aryl methyl sites for hydroxylation is 1. The second-order valence-electron chi connectivity index (χ2n) is 3.63. The Balaban J connectivity index is 2.46. The molecule has 1 aromatic carbocycles. The standard InChI is InChI=1S/C12H11BrFNS/c1-7-5-16-6-9(7)12(15)8-3-2-4-10(13)11(8)14/h2-6,12H,15H2,1H3. The molecule has 1 heterocycles. The molecule has 0 bridgehead atoms. The van der Waals surface area contributed by atoms with Crippen molar-refractivity contribution in [1.29, 1.82) is 0 Å². The molecule has 1 unspecified atom stereocenters. The third-order valence-corrected chi connectivity index (χ3v) is 4.04. The Morgan fingerprint density at radius 2 is 2.06 bits per heavy atom. The predicted molar refractivity (Wildman–Crippen MR) is 69.2 cm³/mol. The molecular formula is C12H11BrFNS. The molecule has 0 radical (unpaired) electrons. The minimum Gasteiger partial charge on any atom is -0.320 e. The molecule has 2 N–H and O–H groups in total. The van der Waals surface area contributed by atoms with Gasteiger partial charge in [-0.05, 0) is 50.8 Å². The van der Waals surface area contributed by atoms with Gasteiger partial charge >= 0.3 is 0 Å². The van der Waals surface area contributed by atoms with Gasteiger partial charge < -0.3 is 5.73 Å². The highest BCUT2D eigenvalue weighted by Gasteiger charge is 2.17. The molecule has 0 amide bonds. The van der Waals surface area contributed by atoms with E-state index in [2.05, 4.69) is 15.9 Å². The average molecular weight is 300 g/mol. The molecule has 0 spiro atoms. The van der Waals surface area contributed by atoms with Crippen molar-refractivity contribution >= 4 is 27.3 Å². The third kappa shape index (κ3) is 2.05. The highest BCUT2D eigenvalue weighted by molar-refractivity contribution is 9.10. The van der Waals surface area contributed by atoms with E-state index in [1.165, 1.54) is 0 Å². The summed E-state index contributed by atoms with van der Waals surface area (Å²) in [6.45, 7) is 1.99. The lowest BCUT2D eigenvalue weighted by Gasteiger charge is -2.13. The fourth-order valence-electron chi connectivity index (χ4n) is 1.62. The molecule has 84 valence electrons. The molecule has 0 saturated carbocycles. The predicted octanol–water partition coefficient (Wildman–Crippen LogP) is 4.01. The van der Waals surface area contributed by atoms with Crippen LogP contribution < -0.4 is 5.73 Å². The van der Waals surface area contributed by atoms with Crippen LogP contribution in [-0.4, -0.2) is 0 Å². The van der Waals surface area contributed by atoms with Crippen LogP contribution in [0.5, 0.6) is 0 Å². The number of hydrogen-bond donors (Lipinski definition) is 1. The van der Waals surface area contributed by atoms with Gasteiger partial charge in [0.15, 0.2) is 0 Å². The molecule has 0 aliphatic heterocycles. The number of nitrogens with two attached hydrogens (primary N) is 1. The van der Waals surface area contributed by atoms with E-state index in [1.54, 1.807) is 29.5 Å². The summed E-state index contributed by atoms with van der Waals surface area (Å²) >= 11 is 4.75. The molecule has 0 fully saturated rings. The highest BCUT2D eigenvalue weighted by atomic mass is 79.9. The van der Waals surface area contributed by atoms with Crippen LogP contribution in [0.2, 0.25) is 0 Å². The first-order valence-electron chi connectivity index (χ1n) is 4.83. The van der Waals surface area contributed by atoms with Gasteiger partial charge in [0.1, 0.15) is 5.82 Å². The van der Waals surface area contributed by atoms with Crippen molar-refractivity contribution in [2.75, 3.05) is 0 Å². The van der Waals surface area contributed by atoms with Crippen molar-refractivity contribution in [2.45, 2.75) is 13.0 Å². The van der Waals surface area contributed by atoms with Crippen LogP contribution in [0.4, 0.5) is 4.39 Å². The monoisotopic (exact) mass is 299 g/mol. The molecule has 1 nitrogen and oxygen atoms in total. The fraction of sp³-hybridized carbons (Fsp3) is 0.167. The van der Waals surface area contributed by atoms with Crippen molar-refractivity contribution in [1.82, 2.24) is 0 Å². The number of thiophene rings is 1.